The SMILES string of the molecule is CC(C)OCCCNC(=O)CCc1nc(-c2ccccc2Cl)no1. The number of aryl methyl sites for hydroxylation is 1. The van der Waals surface area contributed by atoms with Gasteiger partial charge in [0.2, 0.25) is 17.6 Å². The van der Waals surface area contributed by atoms with Crippen LogP contribution in [0.5, 0.6) is 0 Å². The Balaban J connectivity index is 1.73. The summed E-state index contributed by atoms with van der Waals surface area (Å²) in [6, 6.07) is 7.28. The maximum Gasteiger partial charge on any atom is 0.227 e. The fraction of sp³-hybridized carbons (Fsp3) is 0.471. The summed E-state index contributed by atoms with van der Waals surface area (Å²) >= 11 is 6.10. The highest BCUT2D eigenvalue weighted by Gasteiger charge is 2.12. The lowest BCUT2D eigenvalue weighted by Gasteiger charge is -2.07. The summed E-state index contributed by atoms with van der Waals surface area (Å²) in [4.78, 5) is 16.1. The normalized spacial score (nSPS) is 11.0. The molecule has 130 valence electrons. The summed E-state index contributed by atoms with van der Waals surface area (Å²) in [5.41, 5.74) is 0.712. The van der Waals surface area contributed by atoms with Crippen molar-refractivity contribution >= 4 is 17.5 Å². The Morgan fingerprint density at radius 1 is 1.38 bits per heavy atom. The van der Waals surface area contributed by atoms with Gasteiger partial charge in [0, 0.05) is 31.6 Å². The number of carbonyl (C=O) groups excluding carboxylic acids is 1. The van der Waals surface area contributed by atoms with E-state index in [0.717, 1.165) is 6.42 Å². The quantitative estimate of drug-likeness (QED) is 0.702. The molecule has 0 unspecified atom stereocenters. The Labute approximate surface area is 146 Å². The van der Waals surface area contributed by atoms with Crippen molar-refractivity contribution in [3.8, 4) is 11.4 Å². The van der Waals surface area contributed by atoms with Crippen LogP contribution < -0.4 is 5.32 Å². The zero-order valence-corrected chi connectivity index (χ0v) is 14.7. The third kappa shape index (κ3) is 5.94. The number of aromatic nitrogens is 2. The second-order valence-corrected chi connectivity index (χ2v) is 6.02. The first-order chi connectivity index (χ1) is 11.6. The molecule has 0 radical (unpaired) electrons. The van der Waals surface area contributed by atoms with E-state index in [1.54, 1.807) is 6.07 Å². The fourth-order valence-electron chi connectivity index (χ4n) is 2.04. The monoisotopic (exact) mass is 351 g/mol. The lowest BCUT2D eigenvalue weighted by molar-refractivity contribution is -0.121. The summed E-state index contributed by atoms with van der Waals surface area (Å²) in [5.74, 6) is 0.807. The van der Waals surface area contributed by atoms with Gasteiger partial charge in [-0.25, -0.2) is 0 Å². The average Bonchev–Trinajstić information content (AvgIpc) is 3.01. The van der Waals surface area contributed by atoms with Crippen LogP contribution in [0.15, 0.2) is 28.8 Å². The number of hydrogen-bond acceptors (Lipinski definition) is 5. The molecule has 24 heavy (non-hydrogen) atoms. The number of hydrogen-bond donors (Lipinski definition) is 1. The number of amides is 1. The number of halogens is 1. The van der Waals surface area contributed by atoms with Crippen LogP contribution in [0.3, 0.4) is 0 Å². The van der Waals surface area contributed by atoms with Gasteiger partial charge in [0.25, 0.3) is 0 Å². The smallest absolute Gasteiger partial charge is 0.227 e. The average molecular weight is 352 g/mol. The van der Waals surface area contributed by atoms with Crippen molar-refractivity contribution in [2.24, 2.45) is 0 Å². The van der Waals surface area contributed by atoms with Crippen LogP contribution >= 0.6 is 11.6 Å². The molecule has 7 heteroatoms. The topological polar surface area (TPSA) is 77.2 Å². The zero-order chi connectivity index (χ0) is 17.4. The van der Waals surface area contributed by atoms with Gasteiger partial charge in [0.1, 0.15) is 0 Å². The minimum atomic E-state index is -0.0444. The van der Waals surface area contributed by atoms with E-state index < -0.39 is 0 Å². The van der Waals surface area contributed by atoms with Gasteiger partial charge in [-0.2, -0.15) is 4.98 Å². The van der Waals surface area contributed by atoms with E-state index in [-0.39, 0.29) is 12.0 Å². The highest BCUT2D eigenvalue weighted by molar-refractivity contribution is 6.33. The fourth-order valence-corrected chi connectivity index (χ4v) is 2.26. The molecule has 0 saturated carbocycles. The summed E-state index contributed by atoms with van der Waals surface area (Å²) in [6.07, 6.45) is 1.70. The van der Waals surface area contributed by atoms with E-state index in [2.05, 4.69) is 15.5 Å². The van der Waals surface area contributed by atoms with Gasteiger partial charge in [-0.15, -0.1) is 0 Å². The lowest BCUT2D eigenvalue weighted by Crippen LogP contribution is -2.25. The molecule has 0 aliphatic carbocycles. The molecular formula is C17H22ClN3O3. The highest BCUT2D eigenvalue weighted by atomic mass is 35.5. The van der Waals surface area contributed by atoms with E-state index in [1.165, 1.54) is 0 Å². The molecule has 0 spiro atoms. The number of nitrogens with one attached hydrogen (secondary N) is 1. The van der Waals surface area contributed by atoms with Gasteiger partial charge in [0.15, 0.2) is 0 Å². The van der Waals surface area contributed by atoms with Gasteiger partial charge >= 0.3 is 0 Å². The molecule has 0 fully saturated rings. The number of carbonyl (C=O) groups is 1. The molecular weight excluding hydrogens is 330 g/mol. The van der Waals surface area contributed by atoms with Gasteiger partial charge < -0.3 is 14.6 Å². The molecule has 1 amide bonds. The molecule has 2 aromatic rings. The Morgan fingerprint density at radius 3 is 2.92 bits per heavy atom. The van der Waals surface area contributed by atoms with E-state index >= 15 is 0 Å². The van der Waals surface area contributed by atoms with Crippen molar-refractivity contribution in [2.75, 3.05) is 13.2 Å². The Morgan fingerprint density at radius 2 is 2.17 bits per heavy atom. The second-order valence-electron chi connectivity index (χ2n) is 5.61. The van der Waals surface area contributed by atoms with Crippen molar-refractivity contribution in [2.45, 2.75) is 39.2 Å². The van der Waals surface area contributed by atoms with Gasteiger partial charge in [0.05, 0.1) is 11.1 Å². The second kappa shape index (κ2) is 9.39. The molecule has 1 aromatic heterocycles. The van der Waals surface area contributed by atoms with Gasteiger partial charge in [-0.1, -0.05) is 28.9 Å². The minimum Gasteiger partial charge on any atom is -0.379 e. The molecule has 0 atom stereocenters. The summed E-state index contributed by atoms with van der Waals surface area (Å²) in [7, 11) is 0. The number of benzene rings is 1. The zero-order valence-electron chi connectivity index (χ0n) is 13.9. The van der Waals surface area contributed by atoms with Crippen molar-refractivity contribution in [3.63, 3.8) is 0 Å². The molecule has 1 N–H and O–H groups in total. The highest BCUT2D eigenvalue weighted by Crippen LogP contribution is 2.24. The molecule has 0 aliphatic rings. The van der Waals surface area contributed by atoms with Crippen LogP contribution in [0.25, 0.3) is 11.4 Å². The van der Waals surface area contributed by atoms with E-state index in [0.29, 0.717) is 48.3 Å². The first-order valence-corrected chi connectivity index (χ1v) is 8.40. The van der Waals surface area contributed by atoms with Crippen molar-refractivity contribution in [1.82, 2.24) is 15.5 Å². The summed E-state index contributed by atoms with van der Waals surface area (Å²) in [6.45, 7) is 5.21. The third-order valence-corrected chi connectivity index (χ3v) is 3.57. The Kier molecular flexibility index (Phi) is 7.21. The largest absolute Gasteiger partial charge is 0.379 e. The lowest BCUT2D eigenvalue weighted by atomic mass is 10.2. The molecule has 2 rings (SSSR count). The third-order valence-electron chi connectivity index (χ3n) is 3.24. The molecule has 1 heterocycles. The minimum absolute atomic E-state index is 0.0444. The van der Waals surface area contributed by atoms with Crippen molar-refractivity contribution < 1.29 is 14.1 Å². The standard InChI is InChI=1S/C17H22ClN3O3/c1-12(2)23-11-5-10-19-15(22)8-9-16-20-17(21-24-16)13-6-3-4-7-14(13)18/h3-4,6-7,12H,5,8-11H2,1-2H3,(H,19,22). The van der Waals surface area contributed by atoms with Crippen LogP contribution in [-0.2, 0) is 16.0 Å². The van der Waals surface area contributed by atoms with Crippen LogP contribution in [0.2, 0.25) is 5.02 Å². The molecule has 0 aliphatic heterocycles. The maximum atomic E-state index is 11.8. The van der Waals surface area contributed by atoms with Crippen LogP contribution in [-0.4, -0.2) is 35.3 Å². The molecule has 0 saturated heterocycles. The first kappa shape index (κ1) is 18.4. The number of rotatable bonds is 9. The van der Waals surface area contributed by atoms with Crippen LogP contribution in [0, 0.1) is 0 Å². The summed E-state index contributed by atoms with van der Waals surface area (Å²) in [5, 5.41) is 7.32. The van der Waals surface area contributed by atoms with Crippen molar-refractivity contribution in [1.29, 1.82) is 0 Å². The van der Waals surface area contributed by atoms with Gasteiger partial charge in [-0.3, -0.25) is 4.79 Å². The van der Waals surface area contributed by atoms with E-state index in [1.807, 2.05) is 32.0 Å². The van der Waals surface area contributed by atoms with Crippen LogP contribution in [0.4, 0.5) is 0 Å². The van der Waals surface area contributed by atoms with E-state index in [4.69, 9.17) is 20.9 Å². The first-order valence-electron chi connectivity index (χ1n) is 8.02. The van der Waals surface area contributed by atoms with Crippen LogP contribution in [0.1, 0.15) is 32.6 Å². The Bertz CT molecular complexity index is 658. The number of nitrogens with zero attached hydrogens (tertiary/aromatic N) is 2. The predicted molar refractivity (Wildman–Crippen MR) is 91.8 cm³/mol. The maximum absolute atomic E-state index is 11.8. The van der Waals surface area contributed by atoms with E-state index in [9.17, 15) is 4.79 Å². The number of ether oxygens (including phenoxy) is 1. The molecule has 0 bridgehead atoms. The molecule has 6 nitrogen and oxygen atoms in total. The van der Waals surface area contributed by atoms with Gasteiger partial charge in [-0.05, 0) is 32.4 Å². The Hall–Kier alpha value is -1.92. The summed E-state index contributed by atoms with van der Waals surface area (Å²) < 4.78 is 10.6. The molecule has 1 aromatic carbocycles. The van der Waals surface area contributed by atoms with Crippen molar-refractivity contribution in [3.05, 3.63) is 35.2 Å². The predicted octanol–water partition coefficient (Wildman–Crippen LogP) is 3.25.